The molecular formula is C11H17N3OS. The van der Waals surface area contributed by atoms with Crippen LogP contribution in [0.25, 0.3) is 0 Å². The first kappa shape index (κ1) is 11.5. The zero-order valence-electron chi connectivity index (χ0n) is 9.40. The number of hydrogen-bond donors (Lipinski definition) is 2. The highest BCUT2D eigenvalue weighted by Crippen LogP contribution is 2.24. The standard InChI is InChI=1S/C11H17N3OS/c1-7-5-13-10(16-7)6-14-11(15)8-3-2-4-9(8)12/h5,8-9H,2-4,6,12H2,1H3,(H,14,15). The Labute approximate surface area is 99.3 Å². The number of carbonyl (C=O) groups excluding carboxylic acids is 1. The lowest BCUT2D eigenvalue weighted by Gasteiger charge is -2.14. The van der Waals surface area contributed by atoms with Crippen LogP contribution in [0.2, 0.25) is 0 Å². The van der Waals surface area contributed by atoms with Crippen LogP contribution in [0.5, 0.6) is 0 Å². The maximum Gasteiger partial charge on any atom is 0.225 e. The fourth-order valence-electron chi connectivity index (χ4n) is 2.09. The highest BCUT2D eigenvalue weighted by atomic mass is 32.1. The predicted octanol–water partition coefficient (Wildman–Crippen LogP) is 1.20. The van der Waals surface area contributed by atoms with Crippen molar-refractivity contribution in [2.24, 2.45) is 11.7 Å². The molecule has 1 aliphatic carbocycles. The van der Waals surface area contributed by atoms with Crippen molar-refractivity contribution in [1.29, 1.82) is 0 Å². The molecule has 0 spiro atoms. The molecular weight excluding hydrogens is 222 g/mol. The first-order chi connectivity index (χ1) is 7.66. The second-order valence-electron chi connectivity index (χ2n) is 4.28. The van der Waals surface area contributed by atoms with Crippen LogP contribution in [0.4, 0.5) is 0 Å². The van der Waals surface area contributed by atoms with Gasteiger partial charge < -0.3 is 11.1 Å². The number of thiazole rings is 1. The van der Waals surface area contributed by atoms with Crippen molar-refractivity contribution < 1.29 is 4.79 Å². The quantitative estimate of drug-likeness (QED) is 0.832. The molecule has 1 amide bonds. The third-order valence-corrected chi connectivity index (χ3v) is 3.90. The number of nitrogens with two attached hydrogens (primary N) is 1. The van der Waals surface area contributed by atoms with E-state index in [0.717, 1.165) is 24.3 Å². The maximum absolute atomic E-state index is 11.8. The molecule has 16 heavy (non-hydrogen) atoms. The van der Waals surface area contributed by atoms with Gasteiger partial charge in [-0.3, -0.25) is 4.79 Å². The molecule has 2 rings (SSSR count). The fraction of sp³-hybridized carbons (Fsp3) is 0.636. The molecule has 1 saturated carbocycles. The zero-order chi connectivity index (χ0) is 11.5. The van der Waals surface area contributed by atoms with E-state index in [1.165, 1.54) is 4.88 Å². The number of nitrogens with one attached hydrogen (secondary N) is 1. The Morgan fingerprint density at radius 1 is 1.69 bits per heavy atom. The summed E-state index contributed by atoms with van der Waals surface area (Å²) in [6.45, 7) is 2.54. The minimum atomic E-state index is 0.000981. The molecule has 0 radical (unpaired) electrons. The van der Waals surface area contributed by atoms with Gasteiger partial charge in [-0.05, 0) is 19.8 Å². The Morgan fingerprint density at radius 3 is 3.06 bits per heavy atom. The Hall–Kier alpha value is -0.940. The molecule has 1 heterocycles. The molecule has 88 valence electrons. The van der Waals surface area contributed by atoms with Gasteiger partial charge in [0.05, 0.1) is 12.5 Å². The van der Waals surface area contributed by atoms with Gasteiger partial charge in [-0.1, -0.05) is 6.42 Å². The number of rotatable bonds is 3. The molecule has 0 aliphatic heterocycles. The molecule has 0 bridgehead atoms. The smallest absolute Gasteiger partial charge is 0.225 e. The summed E-state index contributed by atoms with van der Waals surface area (Å²) in [4.78, 5) is 17.2. The zero-order valence-corrected chi connectivity index (χ0v) is 10.2. The summed E-state index contributed by atoms with van der Waals surface area (Å²) in [5, 5.41) is 3.87. The van der Waals surface area contributed by atoms with Crippen molar-refractivity contribution in [2.75, 3.05) is 0 Å². The van der Waals surface area contributed by atoms with Crippen molar-refractivity contribution in [3.8, 4) is 0 Å². The van der Waals surface area contributed by atoms with E-state index in [4.69, 9.17) is 5.73 Å². The van der Waals surface area contributed by atoms with E-state index < -0.39 is 0 Å². The summed E-state index contributed by atoms with van der Waals surface area (Å²) in [7, 11) is 0. The van der Waals surface area contributed by atoms with E-state index in [2.05, 4.69) is 10.3 Å². The Morgan fingerprint density at radius 2 is 2.50 bits per heavy atom. The number of nitrogens with zero attached hydrogens (tertiary/aromatic N) is 1. The van der Waals surface area contributed by atoms with Crippen LogP contribution < -0.4 is 11.1 Å². The first-order valence-electron chi connectivity index (χ1n) is 5.61. The second-order valence-corrected chi connectivity index (χ2v) is 5.60. The van der Waals surface area contributed by atoms with Crippen molar-refractivity contribution in [1.82, 2.24) is 10.3 Å². The highest BCUT2D eigenvalue weighted by Gasteiger charge is 2.29. The van der Waals surface area contributed by atoms with E-state index in [9.17, 15) is 4.79 Å². The average molecular weight is 239 g/mol. The fourth-order valence-corrected chi connectivity index (χ4v) is 2.82. The number of aryl methyl sites for hydroxylation is 1. The normalized spacial score (nSPS) is 24.6. The number of amides is 1. The number of hydrogen-bond acceptors (Lipinski definition) is 4. The molecule has 2 atom stereocenters. The van der Waals surface area contributed by atoms with Crippen molar-refractivity contribution in [3.05, 3.63) is 16.1 Å². The molecule has 0 aromatic carbocycles. The monoisotopic (exact) mass is 239 g/mol. The molecule has 2 unspecified atom stereocenters. The van der Waals surface area contributed by atoms with Crippen LogP contribution in [0.15, 0.2) is 6.20 Å². The molecule has 5 heteroatoms. The van der Waals surface area contributed by atoms with Gasteiger partial charge in [-0.25, -0.2) is 4.98 Å². The average Bonchev–Trinajstić information content (AvgIpc) is 2.84. The van der Waals surface area contributed by atoms with E-state index in [-0.39, 0.29) is 17.9 Å². The third kappa shape index (κ3) is 2.59. The number of carbonyl (C=O) groups is 1. The van der Waals surface area contributed by atoms with Gasteiger partial charge in [-0.15, -0.1) is 11.3 Å². The summed E-state index contributed by atoms with van der Waals surface area (Å²) >= 11 is 1.62. The minimum Gasteiger partial charge on any atom is -0.349 e. The van der Waals surface area contributed by atoms with Gasteiger partial charge in [0.15, 0.2) is 0 Å². The minimum absolute atomic E-state index is 0.000981. The van der Waals surface area contributed by atoms with Gasteiger partial charge in [0, 0.05) is 17.1 Å². The van der Waals surface area contributed by atoms with Gasteiger partial charge in [0.25, 0.3) is 0 Å². The lowest BCUT2D eigenvalue weighted by Crippen LogP contribution is -2.38. The maximum atomic E-state index is 11.8. The Balaban J connectivity index is 1.83. The molecule has 1 aromatic rings. The topological polar surface area (TPSA) is 68.0 Å². The summed E-state index contributed by atoms with van der Waals surface area (Å²) in [5.74, 6) is 0.0823. The highest BCUT2D eigenvalue weighted by molar-refractivity contribution is 7.11. The summed E-state index contributed by atoms with van der Waals surface area (Å²) in [6, 6.07) is 0.0398. The van der Waals surface area contributed by atoms with Gasteiger partial charge in [-0.2, -0.15) is 0 Å². The van der Waals surface area contributed by atoms with Crippen LogP contribution in [0, 0.1) is 12.8 Å². The molecule has 1 fully saturated rings. The van der Waals surface area contributed by atoms with Gasteiger partial charge >= 0.3 is 0 Å². The van der Waals surface area contributed by atoms with Crippen molar-refractivity contribution in [3.63, 3.8) is 0 Å². The summed E-state index contributed by atoms with van der Waals surface area (Å²) < 4.78 is 0. The van der Waals surface area contributed by atoms with Crippen LogP contribution in [0.3, 0.4) is 0 Å². The van der Waals surface area contributed by atoms with E-state index in [1.54, 1.807) is 11.3 Å². The van der Waals surface area contributed by atoms with Gasteiger partial charge in [0.2, 0.25) is 5.91 Å². The molecule has 4 nitrogen and oxygen atoms in total. The van der Waals surface area contributed by atoms with Gasteiger partial charge in [0.1, 0.15) is 5.01 Å². The third-order valence-electron chi connectivity index (χ3n) is 2.99. The first-order valence-corrected chi connectivity index (χ1v) is 6.43. The van der Waals surface area contributed by atoms with Crippen LogP contribution in [0.1, 0.15) is 29.1 Å². The Bertz CT molecular complexity index is 377. The van der Waals surface area contributed by atoms with E-state index in [0.29, 0.717) is 6.54 Å². The second kappa shape index (κ2) is 4.93. The van der Waals surface area contributed by atoms with Crippen molar-refractivity contribution in [2.45, 2.75) is 38.8 Å². The van der Waals surface area contributed by atoms with E-state index >= 15 is 0 Å². The molecule has 1 aliphatic rings. The Kier molecular flexibility index (Phi) is 3.56. The predicted molar refractivity (Wildman–Crippen MR) is 64.0 cm³/mol. The lowest BCUT2D eigenvalue weighted by molar-refractivity contribution is -0.125. The van der Waals surface area contributed by atoms with Crippen LogP contribution >= 0.6 is 11.3 Å². The van der Waals surface area contributed by atoms with Crippen LogP contribution in [-0.2, 0) is 11.3 Å². The largest absolute Gasteiger partial charge is 0.349 e. The molecule has 1 aromatic heterocycles. The molecule has 0 saturated heterocycles. The summed E-state index contributed by atoms with van der Waals surface area (Å²) in [6.07, 6.45) is 4.78. The molecule has 3 N–H and O–H groups in total. The lowest BCUT2D eigenvalue weighted by atomic mass is 10.0. The van der Waals surface area contributed by atoms with Crippen LogP contribution in [-0.4, -0.2) is 16.9 Å². The number of aromatic nitrogens is 1. The van der Waals surface area contributed by atoms with E-state index in [1.807, 2.05) is 13.1 Å². The summed E-state index contributed by atoms with van der Waals surface area (Å²) in [5.41, 5.74) is 5.88. The van der Waals surface area contributed by atoms with Crippen molar-refractivity contribution >= 4 is 17.2 Å². The SMILES string of the molecule is Cc1cnc(CNC(=O)C2CCCC2N)s1.